The minimum Gasteiger partial charge on any atom is -0.497 e. The number of hydrogen-bond donors (Lipinski definition) is 2. The van der Waals surface area contributed by atoms with Gasteiger partial charge in [0.05, 0.1) is 18.6 Å². The lowest BCUT2D eigenvalue weighted by atomic mass is 9.73. The Kier molecular flexibility index (Phi) is 5.79. The first-order valence-corrected chi connectivity index (χ1v) is 10.3. The molecule has 0 saturated carbocycles. The molecule has 0 unspecified atom stereocenters. The van der Waals surface area contributed by atoms with Crippen molar-refractivity contribution < 1.29 is 19.4 Å². The monoisotopic (exact) mass is 408 g/mol. The van der Waals surface area contributed by atoms with E-state index in [1.54, 1.807) is 7.11 Å². The Morgan fingerprint density at radius 2 is 1.90 bits per heavy atom. The second-order valence-electron chi connectivity index (χ2n) is 7.86. The molecule has 1 saturated heterocycles. The number of para-hydroxylation sites is 1. The molecule has 2 N–H and O–H groups in total. The summed E-state index contributed by atoms with van der Waals surface area (Å²) in [6, 6.07) is 15.6. The van der Waals surface area contributed by atoms with E-state index in [1.165, 1.54) is 0 Å². The molecule has 30 heavy (non-hydrogen) atoms. The van der Waals surface area contributed by atoms with Gasteiger partial charge in [-0.05, 0) is 36.6 Å². The number of hydrogen-bond acceptors (Lipinski definition) is 4. The fourth-order valence-corrected chi connectivity index (χ4v) is 4.38. The quantitative estimate of drug-likeness (QED) is 0.658. The molecule has 1 amide bonds. The van der Waals surface area contributed by atoms with Crippen molar-refractivity contribution >= 4 is 16.8 Å². The van der Waals surface area contributed by atoms with E-state index in [9.17, 15) is 9.90 Å². The molecule has 4 rings (SSSR count). The highest BCUT2D eigenvalue weighted by Crippen LogP contribution is 2.36. The van der Waals surface area contributed by atoms with Crippen molar-refractivity contribution in [3.8, 4) is 5.75 Å². The van der Waals surface area contributed by atoms with Gasteiger partial charge in [-0.3, -0.25) is 4.79 Å². The number of carbonyl (C=O) groups is 1. The highest BCUT2D eigenvalue weighted by Gasteiger charge is 2.41. The van der Waals surface area contributed by atoms with Crippen molar-refractivity contribution in [2.75, 3.05) is 26.9 Å². The number of benzene rings is 2. The number of methoxy groups -OCH3 is 1. The van der Waals surface area contributed by atoms with Crippen LogP contribution in [0.25, 0.3) is 10.9 Å². The summed E-state index contributed by atoms with van der Waals surface area (Å²) >= 11 is 0. The predicted octanol–water partition coefficient (Wildman–Crippen LogP) is 3.08. The van der Waals surface area contributed by atoms with Gasteiger partial charge in [0.2, 0.25) is 5.91 Å². The van der Waals surface area contributed by atoms with E-state index >= 15 is 0 Å². The summed E-state index contributed by atoms with van der Waals surface area (Å²) in [7, 11) is 3.58. The first-order chi connectivity index (χ1) is 14.5. The zero-order valence-corrected chi connectivity index (χ0v) is 17.4. The van der Waals surface area contributed by atoms with E-state index in [-0.39, 0.29) is 12.5 Å². The largest absolute Gasteiger partial charge is 0.497 e. The van der Waals surface area contributed by atoms with Crippen LogP contribution in [-0.4, -0.2) is 42.4 Å². The fourth-order valence-electron chi connectivity index (χ4n) is 4.38. The average Bonchev–Trinajstić information content (AvgIpc) is 3.14. The lowest BCUT2D eigenvalue weighted by Gasteiger charge is -2.36. The molecule has 1 atom stereocenters. The van der Waals surface area contributed by atoms with E-state index in [2.05, 4.69) is 5.32 Å². The van der Waals surface area contributed by atoms with Crippen LogP contribution in [0, 0.1) is 0 Å². The number of fused-ring (bicyclic) bond motifs is 1. The lowest BCUT2D eigenvalue weighted by molar-refractivity contribution is -0.131. The Morgan fingerprint density at radius 3 is 2.60 bits per heavy atom. The summed E-state index contributed by atoms with van der Waals surface area (Å²) in [5.41, 5.74) is 2.16. The number of aliphatic hydroxyl groups is 1. The van der Waals surface area contributed by atoms with Gasteiger partial charge < -0.3 is 24.5 Å². The Bertz CT molecular complexity index is 1020. The number of nitrogens with zero attached hydrogens (tertiary/aromatic N) is 1. The summed E-state index contributed by atoms with van der Waals surface area (Å²) in [6.45, 7) is 1.22. The molecule has 6 nitrogen and oxygen atoms in total. The number of nitrogens with one attached hydrogen (secondary N) is 1. The standard InChI is InChI=1S/C24H28N2O4/c1-26-16-20(19-5-3-4-6-21(19)26)22(27)15-25-23(28)24(11-13-30-14-12-24)17-7-9-18(29-2)10-8-17/h3-10,16,22,27H,11-15H2,1-2H3,(H,25,28)/t22-/m0/s1. The Labute approximate surface area is 176 Å². The maximum atomic E-state index is 13.4. The topological polar surface area (TPSA) is 72.7 Å². The first kappa shape index (κ1) is 20.4. The van der Waals surface area contributed by atoms with Crippen LogP contribution < -0.4 is 10.1 Å². The van der Waals surface area contributed by atoms with Crippen LogP contribution in [-0.2, 0) is 22.0 Å². The van der Waals surface area contributed by atoms with Crippen LogP contribution in [0.5, 0.6) is 5.75 Å². The summed E-state index contributed by atoms with van der Waals surface area (Å²) < 4.78 is 12.8. The molecule has 3 aromatic rings. The molecule has 0 bridgehead atoms. The molecule has 1 aromatic heterocycles. The van der Waals surface area contributed by atoms with Gasteiger partial charge in [-0.1, -0.05) is 30.3 Å². The molecule has 0 spiro atoms. The highest BCUT2D eigenvalue weighted by molar-refractivity contribution is 5.89. The van der Waals surface area contributed by atoms with Gasteiger partial charge in [-0.25, -0.2) is 0 Å². The van der Waals surface area contributed by atoms with E-state index < -0.39 is 11.5 Å². The molecule has 2 heterocycles. The van der Waals surface area contributed by atoms with Crippen LogP contribution in [0.15, 0.2) is 54.7 Å². The van der Waals surface area contributed by atoms with Gasteiger partial charge in [-0.15, -0.1) is 0 Å². The molecule has 1 fully saturated rings. The summed E-state index contributed by atoms with van der Waals surface area (Å²) in [5, 5.41) is 14.8. The third kappa shape index (κ3) is 3.68. The smallest absolute Gasteiger partial charge is 0.230 e. The van der Waals surface area contributed by atoms with Gasteiger partial charge in [0, 0.05) is 49.5 Å². The van der Waals surface area contributed by atoms with E-state index in [1.807, 2.05) is 66.3 Å². The number of aliphatic hydroxyl groups excluding tert-OH is 1. The summed E-state index contributed by atoms with van der Waals surface area (Å²) in [4.78, 5) is 13.4. The van der Waals surface area contributed by atoms with Crippen molar-refractivity contribution in [1.82, 2.24) is 9.88 Å². The SMILES string of the molecule is COc1ccc(C2(C(=O)NC[C@H](O)c3cn(C)c4ccccc34)CCOCC2)cc1. The minimum absolute atomic E-state index is 0.0738. The number of ether oxygens (including phenoxy) is 2. The normalized spacial score (nSPS) is 16.9. The number of rotatable bonds is 6. The molecule has 0 aliphatic carbocycles. The van der Waals surface area contributed by atoms with Crippen LogP contribution in [0.4, 0.5) is 0 Å². The lowest BCUT2D eigenvalue weighted by Crippen LogP contribution is -2.48. The van der Waals surface area contributed by atoms with E-state index in [4.69, 9.17) is 9.47 Å². The number of amides is 1. The second kappa shape index (κ2) is 8.50. The third-order valence-corrected chi connectivity index (χ3v) is 6.17. The van der Waals surface area contributed by atoms with Gasteiger partial charge in [0.15, 0.2) is 0 Å². The molecule has 158 valence electrons. The minimum atomic E-state index is -0.784. The number of carbonyl (C=O) groups excluding carboxylic acids is 1. The number of aryl methyl sites for hydroxylation is 1. The summed E-state index contributed by atoms with van der Waals surface area (Å²) in [6.07, 6.45) is 2.35. The maximum absolute atomic E-state index is 13.4. The number of aromatic nitrogens is 1. The van der Waals surface area contributed by atoms with Crippen LogP contribution in [0.3, 0.4) is 0 Å². The van der Waals surface area contributed by atoms with Crippen LogP contribution in [0.2, 0.25) is 0 Å². The molecule has 2 aromatic carbocycles. The van der Waals surface area contributed by atoms with Crippen molar-refractivity contribution in [2.45, 2.75) is 24.4 Å². The second-order valence-corrected chi connectivity index (χ2v) is 7.86. The highest BCUT2D eigenvalue weighted by atomic mass is 16.5. The fraction of sp³-hybridized carbons (Fsp3) is 0.375. The molecular formula is C24H28N2O4. The van der Waals surface area contributed by atoms with E-state index in [0.29, 0.717) is 26.1 Å². The zero-order chi connectivity index (χ0) is 21.1. The zero-order valence-electron chi connectivity index (χ0n) is 17.4. The van der Waals surface area contributed by atoms with E-state index in [0.717, 1.165) is 27.8 Å². The van der Waals surface area contributed by atoms with Crippen molar-refractivity contribution in [2.24, 2.45) is 7.05 Å². The summed E-state index contributed by atoms with van der Waals surface area (Å²) in [5.74, 6) is 0.683. The molecule has 6 heteroatoms. The molecule has 0 radical (unpaired) electrons. The van der Waals surface area contributed by atoms with Crippen molar-refractivity contribution in [3.05, 3.63) is 65.9 Å². The van der Waals surface area contributed by atoms with Crippen molar-refractivity contribution in [1.29, 1.82) is 0 Å². The van der Waals surface area contributed by atoms with Crippen LogP contribution in [0.1, 0.15) is 30.1 Å². The Hall–Kier alpha value is -2.83. The van der Waals surface area contributed by atoms with Crippen molar-refractivity contribution in [3.63, 3.8) is 0 Å². The predicted molar refractivity (Wildman–Crippen MR) is 116 cm³/mol. The maximum Gasteiger partial charge on any atom is 0.230 e. The molecule has 1 aliphatic heterocycles. The first-order valence-electron chi connectivity index (χ1n) is 10.3. The van der Waals surface area contributed by atoms with Gasteiger partial charge in [0.25, 0.3) is 0 Å². The van der Waals surface area contributed by atoms with Gasteiger partial charge >= 0.3 is 0 Å². The van der Waals surface area contributed by atoms with Crippen LogP contribution >= 0.6 is 0 Å². The molecular weight excluding hydrogens is 380 g/mol. The van der Waals surface area contributed by atoms with Gasteiger partial charge in [0.1, 0.15) is 5.75 Å². The Balaban J connectivity index is 1.54. The van der Waals surface area contributed by atoms with Gasteiger partial charge in [-0.2, -0.15) is 0 Å². The molecule has 1 aliphatic rings. The average molecular weight is 408 g/mol. The third-order valence-electron chi connectivity index (χ3n) is 6.17. The Morgan fingerprint density at radius 1 is 1.20 bits per heavy atom.